The van der Waals surface area contributed by atoms with Gasteiger partial charge in [-0.15, -0.1) is 0 Å². The Hall–Kier alpha value is -0.0800. The smallest absolute Gasteiger partial charge is 0.0634 e. The molecule has 2 heteroatoms. The van der Waals surface area contributed by atoms with Crippen LogP contribution in [0.3, 0.4) is 0 Å². The first kappa shape index (κ1) is 4.09. The maximum Gasteiger partial charge on any atom is 0.0634 e. The van der Waals surface area contributed by atoms with Crippen molar-refractivity contribution in [2.75, 3.05) is 13.2 Å². The molecule has 0 aromatic carbocycles. The molecular formula is C4H8NO. The summed E-state index contributed by atoms with van der Waals surface area (Å²) in [6, 6.07) is 0.0741. The molecule has 1 heterocycles. The summed E-state index contributed by atoms with van der Waals surface area (Å²) in [6.45, 7) is 1.45. The van der Waals surface area contributed by atoms with Gasteiger partial charge < -0.3 is 4.74 Å². The van der Waals surface area contributed by atoms with Crippen LogP contribution in [0.15, 0.2) is 0 Å². The molecule has 2 nitrogen and oxygen atoms in total. The molecule has 0 saturated carbocycles. The van der Waals surface area contributed by atoms with Gasteiger partial charge >= 0.3 is 0 Å². The van der Waals surface area contributed by atoms with Gasteiger partial charge in [0.05, 0.1) is 6.61 Å². The van der Waals surface area contributed by atoms with Crippen LogP contribution in [0, 0.1) is 0 Å². The summed E-state index contributed by atoms with van der Waals surface area (Å²) in [5, 5.41) is 0. The molecule has 0 aromatic heterocycles. The predicted molar refractivity (Wildman–Crippen MR) is 22.3 cm³/mol. The Bertz CT molecular complexity index is 40.8. The fourth-order valence-electron chi connectivity index (χ4n) is 0.535. The molecule has 1 radical (unpaired) electrons. The monoisotopic (exact) mass is 86.1 g/mol. The Labute approximate surface area is 37.3 Å². The highest BCUT2D eigenvalue weighted by Gasteiger charge is 2.08. The van der Waals surface area contributed by atoms with E-state index in [0.717, 1.165) is 13.0 Å². The summed E-state index contributed by atoms with van der Waals surface area (Å²) < 4.78 is 4.87. The molecule has 0 spiro atoms. The third-order valence-corrected chi connectivity index (χ3v) is 0.930. The first-order chi connectivity index (χ1) is 2.89. The lowest BCUT2D eigenvalue weighted by atomic mass is 10.3. The Morgan fingerprint density at radius 2 is 2.50 bits per heavy atom. The molecule has 35 valence electrons. The van der Waals surface area contributed by atoms with Crippen LogP contribution < -0.4 is 5.73 Å². The van der Waals surface area contributed by atoms with Crippen molar-refractivity contribution in [3.05, 3.63) is 0 Å². The largest absolute Gasteiger partial charge is 0.380 e. The Morgan fingerprint density at radius 1 is 1.67 bits per heavy atom. The fourth-order valence-corrected chi connectivity index (χ4v) is 0.535. The van der Waals surface area contributed by atoms with E-state index in [9.17, 15) is 0 Å². The molecule has 1 rings (SSSR count). The van der Waals surface area contributed by atoms with Crippen LogP contribution in [0.2, 0.25) is 0 Å². The Morgan fingerprint density at radius 3 is 2.67 bits per heavy atom. The van der Waals surface area contributed by atoms with E-state index in [1.165, 1.54) is 0 Å². The summed E-state index contributed by atoms with van der Waals surface area (Å²) in [5.41, 5.74) is 7.01. The first-order valence-electron chi connectivity index (χ1n) is 2.18. The van der Waals surface area contributed by atoms with Crippen LogP contribution >= 0.6 is 0 Å². The van der Waals surface area contributed by atoms with Gasteiger partial charge in [0.2, 0.25) is 0 Å². The average Bonchev–Trinajstić information content (AvgIpc) is 1.86. The maximum atomic E-state index is 7.01. The van der Waals surface area contributed by atoms with Gasteiger partial charge in [-0.1, -0.05) is 0 Å². The number of rotatable bonds is 0. The van der Waals surface area contributed by atoms with E-state index < -0.39 is 0 Å². The molecular weight excluding hydrogens is 78.0 g/mol. The third kappa shape index (κ3) is 0.698. The van der Waals surface area contributed by atoms with Crippen LogP contribution in [-0.2, 0) is 4.74 Å². The molecule has 1 aliphatic heterocycles. The van der Waals surface area contributed by atoms with Crippen LogP contribution in [0.5, 0.6) is 0 Å². The molecule has 1 atom stereocenters. The summed E-state index contributed by atoms with van der Waals surface area (Å²) in [6.07, 6.45) is 0.931. The van der Waals surface area contributed by atoms with E-state index in [-0.39, 0.29) is 6.04 Å². The summed E-state index contributed by atoms with van der Waals surface area (Å²) >= 11 is 0. The van der Waals surface area contributed by atoms with Gasteiger partial charge in [-0.05, 0) is 6.42 Å². The topological polar surface area (TPSA) is 33.0 Å². The molecule has 1 aliphatic rings. The van der Waals surface area contributed by atoms with Crippen molar-refractivity contribution in [1.29, 1.82) is 0 Å². The minimum atomic E-state index is 0.0741. The highest BCUT2D eigenvalue weighted by molar-refractivity contribution is 4.63. The van der Waals surface area contributed by atoms with Crippen molar-refractivity contribution in [1.82, 2.24) is 5.73 Å². The molecule has 1 N–H and O–H groups in total. The lowest BCUT2D eigenvalue weighted by molar-refractivity contribution is 0.193. The molecule has 1 fully saturated rings. The number of nitrogens with one attached hydrogen (secondary N) is 1. The van der Waals surface area contributed by atoms with Crippen LogP contribution in [0.4, 0.5) is 0 Å². The Balaban J connectivity index is 2.18. The van der Waals surface area contributed by atoms with E-state index in [2.05, 4.69) is 0 Å². The van der Waals surface area contributed by atoms with Crippen molar-refractivity contribution in [3.8, 4) is 0 Å². The van der Waals surface area contributed by atoms with Gasteiger partial charge in [-0.2, -0.15) is 0 Å². The van der Waals surface area contributed by atoms with Crippen molar-refractivity contribution >= 4 is 0 Å². The minimum absolute atomic E-state index is 0.0741. The summed E-state index contributed by atoms with van der Waals surface area (Å²) in [7, 11) is 0. The molecule has 0 amide bonds. The standard InChI is InChI=1S/C4H8NO/c5-4-1-2-6-3-4/h4-5H,1-3H2/t4-/m1/s1. The summed E-state index contributed by atoms with van der Waals surface area (Å²) in [5.74, 6) is 0. The SMILES string of the molecule is [NH][C@@H]1CCOC1. The van der Waals surface area contributed by atoms with Gasteiger partial charge in [0.1, 0.15) is 0 Å². The molecule has 6 heavy (non-hydrogen) atoms. The van der Waals surface area contributed by atoms with E-state index in [1.807, 2.05) is 0 Å². The lowest BCUT2D eigenvalue weighted by Crippen LogP contribution is -2.05. The van der Waals surface area contributed by atoms with Crippen molar-refractivity contribution in [2.45, 2.75) is 12.5 Å². The number of ether oxygens (including phenoxy) is 1. The first-order valence-corrected chi connectivity index (χ1v) is 2.18. The predicted octanol–water partition coefficient (Wildman–Crippen LogP) is 0.0582. The van der Waals surface area contributed by atoms with Crippen molar-refractivity contribution in [2.24, 2.45) is 0 Å². The highest BCUT2D eigenvalue weighted by Crippen LogP contribution is 1.99. The van der Waals surface area contributed by atoms with Crippen molar-refractivity contribution in [3.63, 3.8) is 0 Å². The lowest BCUT2D eigenvalue weighted by Gasteiger charge is -1.88. The van der Waals surface area contributed by atoms with Gasteiger partial charge in [0.25, 0.3) is 0 Å². The normalized spacial score (nSPS) is 34.5. The number of hydrogen-bond acceptors (Lipinski definition) is 1. The van der Waals surface area contributed by atoms with E-state index >= 15 is 0 Å². The third-order valence-electron chi connectivity index (χ3n) is 0.930. The second kappa shape index (κ2) is 1.58. The van der Waals surface area contributed by atoms with Gasteiger partial charge in [-0.25, -0.2) is 0 Å². The fraction of sp³-hybridized carbons (Fsp3) is 1.00. The van der Waals surface area contributed by atoms with Crippen molar-refractivity contribution < 1.29 is 4.74 Å². The van der Waals surface area contributed by atoms with Gasteiger partial charge in [0, 0.05) is 12.6 Å². The molecule has 1 saturated heterocycles. The van der Waals surface area contributed by atoms with Crippen LogP contribution in [-0.4, -0.2) is 19.3 Å². The molecule has 0 unspecified atom stereocenters. The molecule has 0 bridgehead atoms. The zero-order valence-electron chi connectivity index (χ0n) is 3.61. The molecule has 0 aromatic rings. The highest BCUT2D eigenvalue weighted by atomic mass is 16.5. The second-order valence-corrected chi connectivity index (χ2v) is 1.56. The minimum Gasteiger partial charge on any atom is -0.380 e. The van der Waals surface area contributed by atoms with Crippen LogP contribution in [0.1, 0.15) is 6.42 Å². The average molecular weight is 86.1 g/mol. The van der Waals surface area contributed by atoms with E-state index in [1.54, 1.807) is 0 Å². The van der Waals surface area contributed by atoms with E-state index in [0.29, 0.717) is 6.61 Å². The molecule has 0 aliphatic carbocycles. The van der Waals surface area contributed by atoms with E-state index in [4.69, 9.17) is 10.5 Å². The Kier molecular flexibility index (Phi) is 1.08. The van der Waals surface area contributed by atoms with Crippen LogP contribution in [0.25, 0.3) is 0 Å². The van der Waals surface area contributed by atoms with Gasteiger partial charge in [-0.3, -0.25) is 5.73 Å². The maximum absolute atomic E-state index is 7.01. The zero-order chi connectivity index (χ0) is 4.41. The quantitative estimate of drug-likeness (QED) is 0.410. The second-order valence-electron chi connectivity index (χ2n) is 1.56. The zero-order valence-corrected chi connectivity index (χ0v) is 3.61. The summed E-state index contributed by atoms with van der Waals surface area (Å²) in [4.78, 5) is 0. The van der Waals surface area contributed by atoms with Gasteiger partial charge in [0.15, 0.2) is 0 Å². The number of hydrogen-bond donors (Lipinski definition) is 0.